The smallest absolute Gasteiger partial charge is 0.214 e. The van der Waals surface area contributed by atoms with Gasteiger partial charge in [0.2, 0.25) is 0 Å². The second-order valence-corrected chi connectivity index (χ2v) is 7.04. The predicted molar refractivity (Wildman–Crippen MR) is 66.4 cm³/mol. The van der Waals surface area contributed by atoms with Gasteiger partial charge in [-0.1, -0.05) is 35.0 Å². The molecule has 0 fully saturated rings. The van der Waals surface area contributed by atoms with E-state index in [1.54, 1.807) is 0 Å². The topological polar surface area (TPSA) is 34.1 Å². The van der Waals surface area contributed by atoms with Crippen molar-refractivity contribution >= 4 is 25.8 Å². The Morgan fingerprint density at radius 2 is 1.72 bits per heavy atom. The van der Waals surface area contributed by atoms with Crippen molar-refractivity contribution in [1.29, 1.82) is 0 Å². The van der Waals surface area contributed by atoms with Gasteiger partial charge in [-0.05, 0) is 30.5 Å². The lowest BCUT2D eigenvalue weighted by atomic mass is 10.1. The van der Waals surface area contributed by atoms with Crippen molar-refractivity contribution in [2.75, 3.05) is 0 Å². The first kappa shape index (κ1) is 15.5. The zero-order chi connectivity index (χ0) is 14.0. The molecule has 0 aliphatic heterocycles. The summed E-state index contributed by atoms with van der Waals surface area (Å²) in [5, 5.41) is 0. The summed E-state index contributed by atoms with van der Waals surface area (Å²) >= 11 is 3.41. The summed E-state index contributed by atoms with van der Waals surface area (Å²) < 4.78 is 59.1. The minimum atomic E-state index is -5.25. The minimum absolute atomic E-state index is 0.225. The molecule has 0 aromatic heterocycles. The molecule has 0 radical (unpaired) electrons. The largest absolute Gasteiger partial charge is 0.501 e. The summed E-state index contributed by atoms with van der Waals surface area (Å²) in [5.41, 5.74) is -4.46. The highest BCUT2D eigenvalue weighted by atomic mass is 79.9. The zero-order valence-electron chi connectivity index (χ0n) is 9.54. The molecule has 0 spiro atoms. The maximum atomic E-state index is 12.3. The fourth-order valence-electron chi connectivity index (χ4n) is 1.34. The van der Waals surface area contributed by atoms with Gasteiger partial charge in [-0.25, -0.2) is 8.42 Å². The molecule has 1 aromatic rings. The van der Waals surface area contributed by atoms with Gasteiger partial charge in [0.05, 0.1) is 4.90 Å². The van der Waals surface area contributed by atoms with Crippen molar-refractivity contribution in [1.82, 2.24) is 0 Å². The van der Waals surface area contributed by atoms with Gasteiger partial charge in [0.25, 0.3) is 9.84 Å². The van der Waals surface area contributed by atoms with Gasteiger partial charge < -0.3 is 0 Å². The molecule has 0 aliphatic carbocycles. The van der Waals surface area contributed by atoms with E-state index in [0.29, 0.717) is 6.42 Å². The molecule has 0 heterocycles. The molecule has 2 nitrogen and oxygen atoms in total. The molecule has 0 N–H and O–H groups in total. The molecule has 0 aliphatic rings. The Labute approximate surface area is 112 Å². The maximum absolute atomic E-state index is 12.3. The lowest BCUT2D eigenvalue weighted by Crippen LogP contribution is -2.23. The summed E-state index contributed by atoms with van der Waals surface area (Å²) in [7, 11) is -5.24. The quantitative estimate of drug-likeness (QED) is 0.780. The molecular formula is C11H12BrF3O2S. The average Bonchev–Trinajstić information content (AvgIpc) is 2.28. The van der Waals surface area contributed by atoms with E-state index in [-0.39, 0.29) is 4.83 Å². The molecule has 102 valence electrons. The fourth-order valence-corrected chi connectivity index (χ4v) is 2.47. The first-order chi connectivity index (χ1) is 8.18. The summed E-state index contributed by atoms with van der Waals surface area (Å²) in [6.07, 6.45) is 1.52. The number of hydrogen-bond donors (Lipinski definition) is 0. The van der Waals surface area contributed by atoms with Gasteiger partial charge in [-0.15, -0.1) is 0 Å². The third-order valence-electron chi connectivity index (χ3n) is 2.44. The Morgan fingerprint density at radius 3 is 2.11 bits per heavy atom. The van der Waals surface area contributed by atoms with Crippen LogP contribution in [0.1, 0.15) is 18.9 Å². The monoisotopic (exact) mass is 344 g/mol. The van der Waals surface area contributed by atoms with E-state index >= 15 is 0 Å². The van der Waals surface area contributed by atoms with Gasteiger partial charge in [0.15, 0.2) is 0 Å². The molecule has 0 saturated heterocycles. The molecule has 18 heavy (non-hydrogen) atoms. The van der Waals surface area contributed by atoms with Crippen LogP contribution < -0.4 is 0 Å². The average molecular weight is 345 g/mol. The molecule has 0 saturated carbocycles. The summed E-state index contributed by atoms with van der Waals surface area (Å²) in [5.74, 6) is 0. The first-order valence-corrected chi connectivity index (χ1v) is 7.62. The van der Waals surface area contributed by atoms with E-state index in [2.05, 4.69) is 15.9 Å². The molecule has 1 atom stereocenters. The third kappa shape index (κ3) is 3.47. The Bertz CT molecular complexity index is 494. The minimum Gasteiger partial charge on any atom is -0.214 e. The van der Waals surface area contributed by atoms with Crippen LogP contribution in [0.3, 0.4) is 0 Å². The van der Waals surface area contributed by atoms with Crippen molar-refractivity contribution in [3.05, 3.63) is 29.8 Å². The third-order valence-corrected chi connectivity index (χ3v) is 4.91. The number of alkyl halides is 4. The van der Waals surface area contributed by atoms with Crippen LogP contribution in [0.25, 0.3) is 0 Å². The highest BCUT2D eigenvalue weighted by Gasteiger charge is 2.46. The van der Waals surface area contributed by atoms with Crippen LogP contribution in [0.5, 0.6) is 0 Å². The summed E-state index contributed by atoms with van der Waals surface area (Å²) in [6, 6.07) is 4.80. The Balaban J connectivity index is 2.97. The SMILES string of the molecule is CCC(Br)Cc1ccc(S(=O)(=O)C(F)(F)F)cc1. The normalized spacial score (nSPS) is 14.5. The molecule has 0 bridgehead atoms. The number of sulfone groups is 1. The van der Waals surface area contributed by atoms with Crippen LogP contribution in [0.2, 0.25) is 0 Å². The zero-order valence-corrected chi connectivity index (χ0v) is 11.9. The van der Waals surface area contributed by atoms with Crippen LogP contribution in [0.4, 0.5) is 13.2 Å². The van der Waals surface area contributed by atoms with E-state index in [1.165, 1.54) is 12.1 Å². The fraction of sp³-hybridized carbons (Fsp3) is 0.455. The second kappa shape index (κ2) is 5.61. The highest BCUT2D eigenvalue weighted by Crippen LogP contribution is 2.30. The van der Waals surface area contributed by atoms with Gasteiger partial charge in [0, 0.05) is 4.83 Å². The predicted octanol–water partition coefficient (Wildman–Crippen LogP) is 3.70. The van der Waals surface area contributed by atoms with E-state index in [4.69, 9.17) is 0 Å². The number of rotatable bonds is 4. The van der Waals surface area contributed by atoms with Gasteiger partial charge in [-0.2, -0.15) is 13.2 Å². The standard InChI is InChI=1S/C11H12BrF3O2S/c1-2-9(12)7-8-3-5-10(6-4-8)18(16,17)11(13,14)15/h3-6,9H,2,7H2,1H3. The lowest BCUT2D eigenvalue weighted by Gasteiger charge is -2.10. The molecule has 1 unspecified atom stereocenters. The van der Waals surface area contributed by atoms with Crippen molar-refractivity contribution in [2.24, 2.45) is 0 Å². The Morgan fingerprint density at radius 1 is 1.22 bits per heavy atom. The first-order valence-electron chi connectivity index (χ1n) is 5.23. The molecule has 1 rings (SSSR count). The van der Waals surface area contributed by atoms with Crippen LogP contribution in [0.15, 0.2) is 29.2 Å². The summed E-state index contributed by atoms with van der Waals surface area (Å²) in [4.78, 5) is -0.496. The molecule has 1 aromatic carbocycles. The lowest BCUT2D eigenvalue weighted by molar-refractivity contribution is -0.0436. The van der Waals surface area contributed by atoms with Crippen molar-refractivity contribution in [3.8, 4) is 0 Å². The maximum Gasteiger partial charge on any atom is 0.501 e. The number of hydrogen-bond acceptors (Lipinski definition) is 2. The van der Waals surface area contributed by atoms with Crippen molar-refractivity contribution in [3.63, 3.8) is 0 Å². The Kier molecular flexibility index (Phi) is 4.83. The van der Waals surface area contributed by atoms with Gasteiger partial charge in [0.1, 0.15) is 0 Å². The van der Waals surface area contributed by atoms with E-state index < -0.39 is 20.2 Å². The van der Waals surface area contributed by atoms with Crippen LogP contribution in [0, 0.1) is 0 Å². The van der Waals surface area contributed by atoms with E-state index in [1.807, 2.05) is 6.92 Å². The van der Waals surface area contributed by atoms with E-state index in [0.717, 1.165) is 24.1 Å². The second-order valence-electron chi connectivity index (χ2n) is 3.80. The number of halogens is 4. The molecular weight excluding hydrogens is 333 g/mol. The molecule has 7 heteroatoms. The number of benzene rings is 1. The van der Waals surface area contributed by atoms with Crippen LogP contribution in [-0.4, -0.2) is 18.8 Å². The van der Waals surface area contributed by atoms with Crippen LogP contribution in [-0.2, 0) is 16.3 Å². The summed E-state index contributed by atoms with van der Waals surface area (Å²) in [6.45, 7) is 1.97. The van der Waals surface area contributed by atoms with Gasteiger partial charge >= 0.3 is 5.51 Å². The van der Waals surface area contributed by atoms with Crippen LogP contribution >= 0.6 is 15.9 Å². The Hall–Kier alpha value is -0.560. The van der Waals surface area contributed by atoms with Gasteiger partial charge in [-0.3, -0.25) is 0 Å². The van der Waals surface area contributed by atoms with E-state index in [9.17, 15) is 21.6 Å². The van der Waals surface area contributed by atoms with Crippen molar-refractivity contribution < 1.29 is 21.6 Å². The van der Waals surface area contributed by atoms with Crippen molar-refractivity contribution in [2.45, 2.75) is 35.0 Å². The highest BCUT2D eigenvalue weighted by molar-refractivity contribution is 9.09. The molecule has 0 amide bonds.